The number of nitrogens with one attached hydrogen (secondary N) is 1. The van der Waals surface area contributed by atoms with Crippen LogP contribution in [0.15, 0.2) is 54.6 Å². The van der Waals surface area contributed by atoms with Gasteiger partial charge in [0.2, 0.25) is 5.13 Å². The van der Waals surface area contributed by atoms with E-state index in [0.29, 0.717) is 17.3 Å². The zero-order chi connectivity index (χ0) is 17.5. The Labute approximate surface area is 149 Å². The summed E-state index contributed by atoms with van der Waals surface area (Å²) in [5, 5.41) is 12.1. The van der Waals surface area contributed by atoms with Crippen LogP contribution < -0.4 is 14.8 Å². The maximum Gasteiger partial charge on any atom is 0.264 e. The fraction of sp³-hybridized carbons (Fsp3) is 0.167. The Morgan fingerprint density at radius 3 is 2.52 bits per heavy atom. The van der Waals surface area contributed by atoms with Crippen molar-refractivity contribution in [2.45, 2.75) is 6.42 Å². The fourth-order valence-electron chi connectivity index (χ4n) is 2.11. The molecule has 3 rings (SSSR count). The van der Waals surface area contributed by atoms with Gasteiger partial charge in [0.15, 0.2) is 6.61 Å². The van der Waals surface area contributed by atoms with Crippen LogP contribution in [0, 0.1) is 0 Å². The highest BCUT2D eigenvalue weighted by Crippen LogP contribution is 2.20. The maximum atomic E-state index is 11.9. The van der Waals surface area contributed by atoms with E-state index in [4.69, 9.17) is 9.47 Å². The topological polar surface area (TPSA) is 73.3 Å². The molecule has 0 radical (unpaired) electrons. The SMILES string of the molecule is COc1ccc(Cc2nnc(NC(=O)COc3ccccc3)s2)cc1. The predicted octanol–water partition coefficient (Wildman–Crippen LogP) is 3.16. The highest BCUT2D eigenvalue weighted by Gasteiger charge is 2.09. The molecule has 0 saturated heterocycles. The quantitative estimate of drug-likeness (QED) is 0.705. The van der Waals surface area contributed by atoms with Gasteiger partial charge in [-0.3, -0.25) is 10.1 Å². The molecule has 0 aliphatic heterocycles. The molecule has 2 aromatic carbocycles. The monoisotopic (exact) mass is 355 g/mol. The molecule has 3 aromatic rings. The van der Waals surface area contributed by atoms with Crippen molar-refractivity contribution < 1.29 is 14.3 Å². The summed E-state index contributed by atoms with van der Waals surface area (Å²) in [6, 6.07) is 16.9. The molecule has 1 aromatic heterocycles. The van der Waals surface area contributed by atoms with Crippen molar-refractivity contribution in [3.05, 3.63) is 65.2 Å². The summed E-state index contributed by atoms with van der Waals surface area (Å²) in [6.07, 6.45) is 0.651. The van der Waals surface area contributed by atoms with E-state index < -0.39 is 0 Å². The van der Waals surface area contributed by atoms with Crippen molar-refractivity contribution in [2.75, 3.05) is 19.0 Å². The number of anilines is 1. The Kier molecular flexibility index (Phi) is 5.58. The Hall–Kier alpha value is -2.93. The Bertz CT molecular complexity index is 819. The van der Waals surface area contributed by atoms with Crippen LogP contribution in [0.25, 0.3) is 0 Å². The molecule has 0 bridgehead atoms. The molecule has 0 fully saturated rings. The first-order chi connectivity index (χ1) is 12.2. The van der Waals surface area contributed by atoms with E-state index in [1.165, 1.54) is 11.3 Å². The molecular formula is C18H17N3O3S. The second-order valence-electron chi connectivity index (χ2n) is 5.18. The summed E-state index contributed by atoms with van der Waals surface area (Å²) in [7, 11) is 1.64. The van der Waals surface area contributed by atoms with Crippen LogP contribution in [0.4, 0.5) is 5.13 Å². The van der Waals surface area contributed by atoms with E-state index in [9.17, 15) is 4.79 Å². The summed E-state index contributed by atoms with van der Waals surface area (Å²) in [5.41, 5.74) is 1.10. The average molecular weight is 355 g/mol. The number of carbonyl (C=O) groups excluding carboxylic acids is 1. The van der Waals surface area contributed by atoms with Crippen molar-refractivity contribution in [3.63, 3.8) is 0 Å². The van der Waals surface area contributed by atoms with Gasteiger partial charge >= 0.3 is 0 Å². The van der Waals surface area contributed by atoms with Crippen LogP contribution in [0.2, 0.25) is 0 Å². The summed E-state index contributed by atoms with van der Waals surface area (Å²) in [5.74, 6) is 1.19. The van der Waals surface area contributed by atoms with E-state index in [2.05, 4.69) is 15.5 Å². The summed E-state index contributed by atoms with van der Waals surface area (Å²) in [6.45, 7) is -0.0720. The van der Waals surface area contributed by atoms with Crippen molar-refractivity contribution in [3.8, 4) is 11.5 Å². The Morgan fingerprint density at radius 2 is 1.80 bits per heavy atom. The van der Waals surface area contributed by atoms with Gasteiger partial charge in [0.25, 0.3) is 5.91 Å². The summed E-state index contributed by atoms with van der Waals surface area (Å²) in [4.78, 5) is 11.9. The number of para-hydroxylation sites is 1. The van der Waals surface area contributed by atoms with Crippen molar-refractivity contribution in [2.24, 2.45) is 0 Å². The molecule has 0 aliphatic carbocycles. The van der Waals surface area contributed by atoms with Crippen LogP contribution in [0.5, 0.6) is 11.5 Å². The number of amides is 1. The highest BCUT2D eigenvalue weighted by molar-refractivity contribution is 7.15. The molecular weight excluding hydrogens is 338 g/mol. The van der Waals surface area contributed by atoms with Gasteiger partial charge in [-0.1, -0.05) is 41.7 Å². The lowest BCUT2D eigenvalue weighted by atomic mass is 10.1. The first-order valence-electron chi connectivity index (χ1n) is 7.66. The number of hydrogen-bond acceptors (Lipinski definition) is 6. The van der Waals surface area contributed by atoms with E-state index in [1.54, 1.807) is 19.2 Å². The molecule has 0 spiro atoms. The van der Waals surface area contributed by atoms with E-state index in [-0.39, 0.29) is 12.5 Å². The maximum absolute atomic E-state index is 11.9. The fourth-order valence-corrected chi connectivity index (χ4v) is 2.90. The predicted molar refractivity (Wildman–Crippen MR) is 96.3 cm³/mol. The molecule has 128 valence electrons. The lowest BCUT2D eigenvalue weighted by Crippen LogP contribution is -2.20. The molecule has 1 N–H and O–H groups in total. The van der Waals surface area contributed by atoms with E-state index >= 15 is 0 Å². The molecule has 0 aliphatic rings. The number of hydrogen-bond donors (Lipinski definition) is 1. The first-order valence-corrected chi connectivity index (χ1v) is 8.47. The molecule has 0 atom stereocenters. The number of ether oxygens (including phenoxy) is 2. The van der Waals surface area contributed by atoms with Crippen molar-refractivity contribution in [1.29, 1.82) is 0 Å². The van der Waals surface area contributed by atoms with Crippen molar-refractivity contribution in [1.82, 2.24) is 10.2 Å². The minimum atomic E-state index is -0.268. The molecule has 1 amide bonds. The van der Waals surface area contributed by atoms with Crippen molar-refractivity contribution >= 4 is 22.4 Å². The van der Waals surface area contributed by atoms with Gasteiger partial charge in [-0.25, -0.2) is 0 Å². The van der Waals surface area contributed by atoms with Crippen LogP contribution in [-0.2, 0) is 11.2 Å². The largest absolute Gasteiger partial charge is 0.497 e. The number of carbonyl (C=O) groups is 1. The van der Waals surface area contributed by atoms with Crippen LogP contribution in [-0.4, -0.2) is 29.8 Å². The third kappa shape index (κ3) is 5.02. The zero-order valence-electron chi connectivity index (χ0n) is 13.6. The van der Waals surface area contributed by atoms with Gasteiger partial charge in [-0.05, 0) is 29.8 Å². The molecule has 6 nitrogen and oxygen atoms in total. The molecule has 0 unspecified atom stereocenters. The Morgan fingerprint density at radius 1 is 1.04 bits per heavy atom. The number of nitrogens with zero attached hydrogens (tertiary/aromatic N) is 2. The number of methoxy groups -OCH3 is 1. The number of aromatic nitrogens is 2. The smallest absolute Gasteiger partial charge is 0.264 e. The third-order valence-electron chi connectivity index (χ3n) is 3.34. The third-order valence-corrected chi connectivity index (χ3v) is 4.18. The van der Waals surface area contributed by atoms with Gasteiger partial charge in [0.1, 0.15) is 16.5 Å². The molecule has 25 heavy (non-hydrogen) atoms. The first kappa shape index (κ1) is 16.9. The van der Waals surface area contributed by atoms with E-state index in [0.717, 1.165) is 16.3 Å². The second-order valence-corrected chi connectivity index (χ2v) is 6.24. The van der Waals surface area contributed by atoms with Gasteiger partial charge in [-0.15, -0.1) is 10.2 Å². The van der Waals surface area contributed by atoms with Crippen LogP contribution in [0.3, 0.4) is 0 Å². The standard InChI is InChI=1S/C18H17N3O3S/c1-23-14-9-7-13(8-10-14)11-17-20-21-18(25-17)19-16(22)12-24-15-5-3-2-4-6-15/h2-10H,11-12H2,1H3,(H,19,21,22). The number of benzene rings is 2. The lowest BCUT2D eigenvalue weighted by Gasteiger charge is -2.04. The highest BCUT2D eigenvalue weighted by atomic mass is 32.1. The zero-order valence-corrected chi connectivity index (χ0v) is 14.5. The van der Waals surface area contributed by atoms with E-state index in [1.807, 2.05) is 42.5 Å². The van der Waals surface area contributed by atoms with Gasteiger partial charge in [0, 0.05) is 6.42 Å². The summed E-state index contributed by atoms with van der Waals surface area (Å²) >= 11 is 1.35. The van der Waals surface area contributed by atoms with Gasteiger partial charge < -0.3 is 9.47 Å². The van der Waals surface area contributed by atoms with Gasteiger partial charge in [-0.2, -0.15) is 0 Å². The lowest BCUT2D eigenvalue weighted by molar-refractivity contribution is -0.118. The minimum absolute atomic E-state index is 0.0720. The summed E-state index contributed by atoms with van der Waals surface area (Å²) < 4.78 is 10.5. The Balaban J connectivity index is 1.51. The molecule has 7 heteroatoms. The molecule has 1 heterocycles. The number of rotatable bonds is 7. The second kappa shape index (κ2) is 8.25. The minimum Gasteiger partial charge on any atom is -0.497 e. The van der Waals surface area contributed by atoms with Crippen LogP contribution >= 0.6 is 11.3 Å². The van der Waals surface area contributed by atoms with Gasteiger partial charge in [0.05, 0.1) is 7.11 Å². The normalized spacial score (nSPS) is 10.3. The average Bonchev–Trinajstić information content (AvgIpc) is 3.08. The van der Waals surface area contributed by atoms with Crippen LogP contribution in [0.1, 0.15) is 10.6 Å². The molecule has 0 saturated carbocycles.